The molecule has 2 aromatic carbocycles. The largest absolute Gasteiger partial charge is 0.496 e. The van der Waals surface area contributed by atoms with E-state index in [0.717, 1.165) is 16.7 Å². The summed E-state index contributed by atoms with van der Waals surface area (Å²) in [7, 11) is 1.45. The summed E-state index contributed by atoms with van der Waals surface area (Å²) in [6.45, 7) is 6.51. The van der Waals surface area contributed by atoms with Crippen molar-refractivity contribution < 1.29 is 23.0 Å². The molecule has 0 fully saturated rings. The van der Waals surface area contributed by atoms with E-state index < -0.39 is 17.2 Å². The zero-order valence-electron chi connectivity index (χ0n) is 20.4. The van der Waals surface area contributed by atoms with Crippen LogP contribution in [0.2, 0.25) is 0 Å². The lowest BCUT2D eigenvalue weighted by Crippen LogP contribution is -2.39. The molecular weight excluding hydrogens is 484 g/mol. The van der Waals surface area contributed by atoms with Gasteiger partial charge in [-0.1, -0.05) is 12.1 Å². The Balaban J connectivity index is 1.51. The zero-order valence-corrected chi connectivity index (χ0v) is 21.2. The highest BCUT2D eigenvalue weighted by Gasteiger charge is 2.27. The van der Waals surface area contributed by atoms with E-state index in [1.54, 1.807) is 11.0 Å². The quantitative estimate of drug-likeness (QED) is 0.311. The number of hydrogen-bond donors (Lipinski definition) is 0. The van der Waals surface area contributed by atoms with E-state index in [4.69, 9.17) is 9.47 Å². The number of hydrogen-bond acceptors (Lipinski definition) is 6. The fourth-order valence-electron chi connectivity index (χ4n) is 4.35. The fraction of sp³-hybridized carbons (Fsp3) is 0.296. The number of thiophene rings is 1. The molecule has 0 saturated heterocycles. The van der Waals surface area contributed by atoms with Gasteiger partial charge in [0.05, 0.1) is 17.2 Å². The van der Waals surface area contributed by atoms with Crippen molar-refractivity contribution in [2.24, 2.45) is 0 Å². The summed E-state index contributed by atoms with van der Waals surface area (Å²) in [5.74, 6) is -0.528. The van der Waals surface area contributed by atoms with Crippen LogP contribution in [-0.4, -0.2) is 40.4 Å². The van der Waals surface area contributed by atoms with Gasteiger partial charge in [-0.15, -0.1) is 21.5 Å². The van der Waals surface area contributed by atoms with E-state index >= 15 is 4.39 Å². The molecule has 5 rings (SSSR count). The van der Waals surface area contributed by atoms with Gasteiger partial charge in [-0.25, -0.2) is 13.6 Å². The Morgan fingerprint density at radius 1 is 1.06 bits per heavy atom. The highest BCUT2D eigenvalue weighted by atomic mass is 32.1. The summed E-state index contributed by atoms with van der Waals surface area (Å²) in [4.78, 5) is 14.2. The molecule has 0 N–H and O–H groups in total. The Labute approximate surface area is 211 Å². The molecule has 1 aliphatic heterocycles. The molecule has 9 heteroatoms. The molecule has 3 heterocycles. The van der Waals surface area contributed by atoms with E-state index in [1.165, 1.54) is 36.0 Å². The molecule has 0 bridgehead atoms. The van der Waals surface area contributed by atoms with Gasteiger partial charge in [-0.3, -0.25) is 0 Å². The third kappa shape index (κ3) is 4.51. The predicted molar refractivity (Wildman–Crippen MR) is 135 cm³/mol. The Bertz CT molecular complexity index is 1480. The minimum Gasteiger partial charge on any atom is -0.496 e. The third-order valence-corrected chi connectivity index (χ3v) is 6.97. The van der Waals surface area contributed by atoms with Crippen LogP contribution >= 0.6 is 11.3 Å². The van der Waals surface area contributed by atoms with Crippen LogP contribution in [0, 0.1) is 11.6 Å². The van der Waals surface area contributed by atoms with Gasteiger partial charge in [0.2, 0.25) is 0 Å². The van der Waals surface area contributed by atoms with Crippen LogP contribution < -0.4 is 4.74 Å². The number of halogens is 2. The molecule has 0 radical (unpaired) electrons. The molecule has 6 nitrogen and oxygen atoms in total. The molecule has 0 spiro atoms. The lowest BCUT2D eigenvalue weighted by Gasteiger charge is -2.31. The number of rotatable bonds is 3. The first kappa shape index (κ1) is 24.1. The lowest BCUT2D eigenvalue weighted by molar-refractivity contribution is 0.0224. The number of methoxy groups -OCH3 is 1. The first-order chi connectivity index (χ1) is 17.1. The van der Waals surface area contributed by atoms with Crippen LogP contribution in [-0.2, 0) is 17.7 Å². The van der Waals surface area contributed by atoms with Gasteiger partial charge < -0.3 is 14.4 Å². The molecule has 1 aliphatic rings. The van der Waals surface area contributed by atoms with Crippen molar-refractivity contribution in [1.29, 1.82) is 0 Å². The standard InChI is InChI=1S/C27H25F2N3O3S/c1-27(2,3)35-26(33)32-10-9-15-11-16(5-6-17(15)13-32)23-22-20(29)14-36-25(22)24(31-30-23)19-8-7-18(28)12-21(19)34-4/h5-8,11-12,14H,9-10,13H2,1-4H3. The van der Waals surface area contributed by atoms with Gasteiger partial charge in [0, 0.05) is 35.7 Å². The number of ether oxygens (including phenoxy) is 2. The maximum atomic E-state index is 15.0. The van der Waals surface area contributed by atoms with Crippen molar-refractivity contribution >= 4 is 27.5 Å². The Kier molecular flexibility index (Phi) is 6.12. The van der Waals surface area contributed by atoms with Gasteiger partial charge in [-0.2, -0.15) is 0 Å². The third-order valence-electron chi connectivity index (χ3n) is 6.01. The van der Waals surface area contributed by atoms with E-state index in [-0.39, 0.29) is 6.09 Å². The van der Waals surface area contributed by atoms with Gasteiger partial charge in [0.1, 0.15) is 34.4 Å². The molecule has 36 heavy (non-hydrogen) atoms. The first-order valence-corrected chi connectivity index (χ1v) is 12.4. The second kappa shape index (κ2) is 9.13. The van der Waals surface area contributed by atoms with Crippen LogP contribution in [0.4, 0.5) is 13.6 Å². The molecule has 0 atom stereocenters. The minimum atomic E-state index is -0.556. The lowest BCUT2D eigenvalue weighted by atomic mass is 9.95. The van der Waals surface area contributed by atoms with Crippen molar-refractivity contribution in [3.8, 4) is 28.3 Å². The molecule has 2 aromatic heterocycles. The number of amides is 1. The highest BCUT2D eigenvalue weighted by molar-refractivity contribution is 7.17. The zero-order chi connectivity index (χ0) is 25.6. The fourth-order valence-corrected chi connectivity index (χ4v) is 5.26. The van der Waals surface area contributed by atoms with Crippen molar-refractivity contribution in [2.75, 3.05) is 13.7 Å². The molecule has 0 saturated carbocycles. The number of benzene rings is 2. The van der Waals surface area contributed by atoms with Crippen LogP contribution in [0.15, 0.2) is 41.8 Å². The maximum absolute atomic E-state index is 15.0. The SMILES string of the molecule is COc1cc(F)ccc1-c1nnc(-c2ccc3c(c2)CCN(C(=O)OC(C)(C)C)C3)c2c(F)csc12. The highest BCUT2D eigenvalue weighted by Crippen LogP contribution is 2.41. The first-order valence-electron chi connectivity index (χ1n) is 11.5. The Morgan fingerprint density at radius 2 is 1.83 bits per heavy atom. The predicted octanol–water partition coefficient (Wildman–Crippen LogP) is 6.61. The number of carbonyl (C=O) groups excluding carboxylic acids is 1. The summed E-state index contributed by atoms with van der Waals surface area (Å²) in [6.07, 6.45) is 0.313. The number of fused-ring (bicyclic) bond motifs is 2. The number of aromatic nitrogens is 2. The molecule has 0 aliphatic carbocycles. The van der Waals surface area contributed by atoms with Gasteiger partial charge in [0.15, 0.2) is 0 Å². The molecule has 186 valence electrons. The second-order valence-corrected chi connectivity index (χ2v) is 10.5. The minimum absolute atomic E-state index is 0.301. The van der Waals surface area contributed by atoms with Crippen LogP contribution in [0.3, 0.4) is 0 Å². The van der Waals surface area contributed by atoms with E-state index in [0.29, 0.717) is 52.3 Å². The average Bonchev–Trinajstić information content (AvgIpc) is 3.23. The summed E-state index contributed by atoms with van der Waals surface area (Å²) in [5.41, 5.74) is 3.68. The summed E-state index contributed by atoms with van der Waals surface area (Å²) >= 11 is 1.22. The van der Waals surface area contributed by atoms with Crippen molar-refractivity contribution in [3.63, 3.8) is 0 Å². The van der Waals surface area contributed by atoms with Crippen LogP contribution in [0.5, 0.6) is 5.75 Å². The summed E-state index contributed by atoms with van der Waals surface area (Å²) in [6, 6.07) is 9.94. The van der Waals surface area contributed by atoms with E-state index in [1.807, 2.05) is 39.0 Å². The summed E-state index contributed by atoms with van der Waals surface area (Å²) < 4.78 is 40.2. The van der Waals surface area contributed by atoms with Gasteiger partial charge in [-0.05, 0) is 56.5 Å². The van der Waals surface area contributed by atoms with E-state index in [2.05, 4.69) is 10.2 Å². The van der Waals surface area contributed by atoms with Crippen LogP contribution in [0.1, 0.15) is 31.9 Å². The summed E-state index contributed by atoms with van der Waals surface area (Å²) in [5, 5.41) is 10.6. The van der Waals surface area contributed by atoms with E-state index in [9.17, 15) is 9.18 Å². The molecular formula is C27H25F2N3O3S. The molecule has 1 amide bonds. The number of nitrogens with zero attached hydrogens (tertiary/aromatic N) is 3. The van der Waals surface area contributed by atoms with Crippen molar-refractivity contribution in [3.05, 3.63) is 64.5 Å². The topological polar surface area (TPSA) is 64.6 Å². The monoisotopic (exact) mass is 509 g/mol. The smallest absolute Gasteiger partial charge is 0.410 e. The Morgan fingerprint density at radius 3 is 2.58 bits per heavy atom. The van der Waals surface area contributed by atoms with Gasteiger partial charge >= 0.3 is 6.09 Å². The van der Waals surface area contributed by atoms with Crippen molar-refractivity contribution in [1.82, 2.24) is 15.1 Å². The van der Waals surface area contributed by atoms with Crippen LogP contribution in [0.25, 0.3) is 32.6 Å². The maximum Gasteiger partial charge on any atom is 0.410 e. The molecule has 4 aromatic rings. The van der Waals surface area contributed by atoms with Gasteiger partial charge in [0.25, 0.3) is 0 Å². The normalized spacial score (nSPS) is 13.6. The molecule has 0 unspecified atom stereocenters. The number of carbonyl (C=O) groups is 1. The van der Waals surface area contributed by atoms with Crippen molar-refractivity contribution in [2.45, 2.75) is 39.3 Å². The second-order valence-electron chi connectivity index (χ2n) is 9.66. The Hall–Kier alpha value is -3.59. The average molecular weight is 510 g/mol.